The van der Waals surface area contributed by atoms with Crippen molar-refractivity contribution in [2.24, 2.45) is 39.7 Å². The first kappa shape index (κ1) is 14.2. The lowest BCUT2D eigenvalue weighted by Gasteiger charge is -2.60. The van der Waals surface area contributed by atoms with Crippen molar-refractivity contribution in [2.75, 3.05) is 0 Å². The van der Waals surface area contributed by atoms with Gasteiger partial charge in [0.2, 0.25) is 0 Å². The summed E-state index contributed by atoms with van der Waals surface area (Å²) in [5.41, 5.74) is 1.19. The average Bonchev–Trinajstić information content (AvgIpc) is 2.88. The third kappa shape index (κ3) is 1.96. The number of hydrogen-bond donors (Lipinski definition) is 0. The van der Waals surface area contributed by atoms with Crippen LogP contribution in [0.5, 0.6) is 0 Å². The van der Waals surface area contributed by atoms with Crippen LogP contribution < -0.4 is 0 Å². The van der Waals surface area contributed by atoms with Crippen LogP contribution in [0.4, 0.5) is 0 Å². The number of rotatable bonds is 1. The molecule has 7 unspecified atom stereocenters. The highest BCUT2D eigenvalue weighted by Crippen LogP contribution is 2.66. The van der Waals surface area contributed by atoms with E-state index in [-0.39, 0.29) is 6.04 Å². The molecule has 118 valence electrons. The summed E-state index contributed by atoms with van der Waals surface area (Å²) in [6.07, 6.45) is 13.6. The van der Waals surface area contributed by atoms with Crippen molar-refractivity contribution < 1.29 is 0 Å². The maximum absolute atomic E-state index is 11.0. The van der Waals surface area contributed by atoms with Crippen LogP contribution in [-0.4, -0.2) is 6.04 Å². The van der Waals surface area contributed by atoms with Gasteiger partial charge in [-0.15, -0.1) is 0 Å². The quantitative estimate of drug-likeness (QED) is 0.581. The molecule has 0 N–H and O–H groups in total. The molecule has 0 aromatic rings. The van der Waals surface area contributed by atoms with Gasteiger partial charge in [-0.3, -0.25) is 0 Å². The normalized spacial score (nSPS) is 56.2. The molecule has 2 heteroatoms. The van der Waals surface area contributed by atoms with Gasteiger partial charge in [-0.2, -0.15) is 4.91 Å². The zero-order valence-electron chi connectivity index (χ0n) is 13.8. The Kier molecular flexibility index (Phi) is 3.25. The van der Waals surface area contributed by atoms with E-state index in [1.807, 2.05) is 0 Å². The van der Waals surface area contributed by atoms with Crippen LogP contribution in [0.1, 0.15) is 78.1 Å². The minimum atomic E-state index is 0.125. The van der Waals surface area contributed by atoms with Crippen molar-refractivity contribution in [1.29, 1.82) is 0 Å². The molecular weight excluding hydrogens is 258 g/mol. The second kappa shape index (κ2) is 4.80. The summed E-state index contributed by atoms with van der Waals surface area (Å²) in [6, 6.07) is 0.125. The van der Waals surface area contributed by atoms with Crippen molar-refractivity contribution in [2.45, 2.75) is 84.1 Å². The SMILES string of the molecule is CC12CCCC1C1CCC3CC(N=O)CCC3(C)C1CC2. The van der Waals surface area contributed by atoms with Crippen LogP contribution in [0.2, 0.25) is 0 Å². The van der Waals surface area contributed by atoms with Gasteiger partial charge in [0.05, 0.1) is 6.04 Å². The fraction of sp³-hybridized carbons (Fsp3) is 1.00. The van der Waals surface area contributed by atoms with Crippen LogP contribution >= 0.6 is 0 Å². The van der Waals surface area contributed by atoms with E-state index in [0.717, 1.165) is 36.5 Å². The monoisotopic (exact) mass is 289 g/mol. The molecule has 4 saturated carbocycles. The lowest BCUT2D eigenvalue weighted by molar-refractivity contribution is -0.105. The van der Waals surface area contributed by atoms with E-state index in [1.165, 1.54) is 51.4 Å². The first-order chi connectivity index (χ1) is 10.1. The summed E-state index contributed by atoms with van der Waals surface area (Å²) in [7, 11) is 0. The van der Waals surface area contributed by atoms with Crippen LogP contribution in [0, 0.1) is 39.4 Å². The summed E-state index contributed by atoms with van der Waals surface area (Å²) in [4.78, 5) is 11.0. The van der Waals surface area contributed by atoms with E-state index in [1.54, 1.807) is 0 Å². The first-order valence-electron chi connectivity index (χ1n) is 9.39. The molecule has 0 aromatic carbocycles. The molecule has 21 heavy (non-hydrogen) atoms. The van der Waals surface area contributed by atoms with E-state index >= 15 is 0 Å². The molecule has 4 aliphatic carbocycles. The van der Waals surface area contributed by atoms with Gasteiger partial charge in [0.1, 0.15) is 0 Å². The zero-order chi connectivity index (χ0) is 14.7. The molecule has 7 atom stereocenters. The van der Waals surface area contributed by atoms with Gasteiger partial charge in [0.25, 0.3) is 0 Å². The molecule has 0 bridgehead atoms. The van der Waals surface area contributed by atoms with Gasteiger partial charge < -0.3 is 0 Å². The van der Waals surface area contributed by atoms with Crippen LogP contribution in [-0.2, 0) is 0 Å². The van der Waals surface area contributed by atoms with Gasteiger partial charge in [-0.25, -0.2) is 0 Å². The minimum absolute atomic E-state index is 0.125. The third-order valence-electron chi connectivity index (χ3n) is 8.57. The topological polar surface area (TPSA) is 29.4 Å². The smallest absolute Gasteiger partial charge is 0.0922 e. The van der Waals surface area contributed by atoms with Crippen molar-refractivity contribution in [3.63, 3.8) is 0 Å². The first-order valence-corrected chi connectivity index (χ1v) is 9.39. The molecule has 0 heterocycles. The highest BCUT2D eigenvalue weighted by Gasteiger charge is 2.57. The van der Waals surface area contributed by atoms with E-state index in [4.69, 9.17) is 0 Å². The molecule has 0 amide bonds. The standard InChI is InChI=1S/C19H31NO/c1-18-9-3-4-16(18)15-6-5-13-12-14(20-21)7-11-19(13,2)17(15)8-10-18/h13-17H,3-12H2,1-2H3. The van der Waals surface area contributed by atoms with E-state index in [9.17, 15) is 4.91 Å². The second-order valence-corrected chi connectivity index (χ2v) is 9.28. The predicted octanol–water partition coefficient (Wildman–Crippen LogP) is 5.55. The molecule has 0 spiro atoms. The lowest BCUT2D eigenvalue weighted by atomic mass is 9.45. The number of hydrogen-bond acceptors (Lipinski definition) is 2. The highest BCUT2D eigenvalue weighted by atomic mass is 16.3. The molecule has 0 radical (unpaired) electrons. The number of nitrogens with zero attached hydrogens (tertiary/aromatic N) is 1. The van der Waals surface area contributed by atoms with Crippen molar-refractivity contribution >= 4 is 0 Å². The predicted molar refractivity (Wildman–Crippen MR) is 85.9 cm³/mol. The fourth-order valence-corrected chi connectivity index (χ4v) is 7.32. The minimum Gasteiger partial charge on any atom is -0.151 e. The molecule has 0 aliphatic heterocycles. The van der Waals surface area contributed by atoms with Gasteiger partial charge in [-0.05, 0) is 92.3 Å². The van der Waals surface area contributed by atoms with Gasteiger partial charge in [0.15, 0.2) is 0 Å². The summed E-state index contributed by atoms with van der Waals surface area (Å²) < 4.78 is 0. The molecule has 4 aliphatic rings. The molecule has 0 saturated heterocycles. The Morgan fingerprint density at radius 3 is 2.57 bits per heavy atom. The Hall–Kier alpha value is -0.400. The molecule has 2 nitrogen and oxygen atoms in total. The zero-order valence-corrected chi connectivity index (χ0v) is 13.8. The summed E-state index contributed by atoms with van der Waals surface area (Å²) in [6.45, 7) is 5.16. The number of nitroso groups, excluding NO2 is 1. The average molecular weight is 289 g/mol. The van der Waals surface area contributed by atoms with Crippen molar-refractivity contribution in [3.05, 3.63) is 4.91 Å². The van der Waals surface area contributed by atoms with Gasteiger partial charge in [-0.1, -0.05) is 25.4 Å². The van der Waals surface area contributed by atoms with Gasteiger partial charge in [0, 0.05) is 0 Å². The van der Waals surface area contributed by atoms with Crippen LogP contribution in [0.15, 0.2) is 5.18 Å². The molecule has 4 fully saturated rings. The van der Waals surface area contributed by atoms with Crippen molar-refractivity contribution in [1.82, 2.24) is 0 Å². The fourth-order valence-electron chi connectivity index (χ4n) is 7.32. The van der Waals surface area contributed by atoms with Gasteiger partial charge >= 0.3 is 0 Å². The Bertz CT molecular complexity index is 435. The van der Waals surface area contributed by atoms with E-state index < -0.39 is 0 Å². The maximum atomic E-state index is 11.0. The highest BCUT2D eigenvalue weighted by molar-refractivity contribution is 5.07. The Labute approximate surface area is 129 Å². The summed E-state index contributed by atoms with van der Waals surface area (Å²) in [5, 5.41) is 3.39. The summed E-state index contributed by atoms with van der Waals surface area (Å²) >= 11 is 0. The Balaban J connectivity index is 1.60. The second-order valence-electron chi connectivity index (χ2n) is 9.28. The molecular formula is C19H31NO. The van der Waals surface area contributed by atoms with E-state index in [0.29, 0.717) is 10.8 Å². The lowest BCUT2D eigenvalue weighted by Crippen LogP contribution is -2.53. The van der Waals surface area contributed by atoms with Crippen molar-refractivity contribution in [3.8, 4) is 0 Å². The Morgan fingerprint density at radius 2 is 1.76 bits per heavy atom. The maximum Gasteiger partial charge on any atom is 0.0922 e. The van der Waals surface area contributed by atoms with Crippen LogP contribution in [0.3, 0.4) is 0 Å². The van der Waals surface area contributed by atoms with Crippen LogP contribution in [0.25, 0.3) is 0 Å². The van der Waals surface area contributed by atoms with E-state index in [2.05, 4.69) is 19.0 Å². The largest absolute Gasteiger partial charge is 0.151 e. The summed E-state index contributed by atoms with van der Waals surface area (Å²) in [5.74, 6) is 3.73. The Morgan fingerprint density at radius 1 is 0.905 bits per heavy atom. The molecule has 0 aromatic heterocycles. The third-order valence-corrected chi connectivity index (χ3v) is 8.57. The number of fused-ring (bicyclic) bond motifs is 5. The molecule has 4 rings (SSSR count).